The van der Waals surface area contributed by atoms with Crippen LogP contribution in [0.2, 0.25) is 0 Å². The minimum atomic E-state index is -0.643. The molecule has 0 spiro atoms. The highest BCUT2D eigenvalue weighted by molar-refractivity contribution is 5.97. The Morgan fingerprint density at radius 3 is 2.69 bits per heavy atom. The van der Waals surface area contributed by atoms with Crippen LogP contribution in [0.5, 0.6) is 0 Å². The van der Waals surface area contributed by atoms with Crippen molar-refractivity contribution >= 4 is 5.78 Å². The quantitative estimate of drug-likeness (QED) is 0.679. The van der Waals surface area contributed by atoms with Gasteiger partial charge in [0.05, 0.1) is 5.60 Å². The number of hydrogen-bond donors (Lipinski definition) is 1. The maximum Gasteiger partial charge on any atom is 0.158 e. The molecule has 1 fully saturated rings. The van der Waals surface area contributed by atoms with Gasteiger partial charge in [0.2, 0.25) is 0 Å². The fourth-order valence-electron chi connectivity index (χ4n) is 1.44. The van der Waals surface area contributed by atoms with Crippen molar-refractivity contribution in [1.82, 2.24) is 0 Å². The number of allylic oxidation sites excluding steroid dienone is 1. The third-order valence-corrected chi connectivity index (χ3v) is 2.76. The molecule has 0 aromatic heterocycles. The minimum absolute atomic E-state index is 0.270. The lowest BCUT2D eigenvalue weighted by molar-refractivity contribution is -0.114. The average molecular weight is 182 g/mol. The number of Topliss-reactive ketones (excluding diaryl/α,β-unsaturated/α-hetero) is 1. The van der Waals surface area contributed by atoms with E-state index >= 15 is 0 Å². The first kappa shape index (κ1) is 10.5. The van der Waals surface area contributed by atoms with Gasteiger partial charge in [-0.1, -0.05) is 13.0 Å². The van der Waals surface area contributed by atoms with E-state index in [0.717, 1.165) is 24.8 Å². The zero-order valence-electron chi connectivity index (χ0n) is 8.47. The fourth-order valence-corrected chi connectivity index (χ4v) is 1.44. The van der Waals surface area contributed by atoms with Crippen LogP contribution in [0.3, 0.4) is 0 Å². The fraction of sp³-hybridized carbons (Fsp3) is 0.727. The molecular formula is C11H18O2. The summed E-state index contributed by atoms with van der Waals surface area (Å²) in [6, 6.07) is 0. The number of rotatable bonds is 3. The van der Waals surface area contributed by atoms with Crippen LogP contribution >= 0.6 is 0 Å². The number of ketones is 1. The largest absolute Gasteiger partial charge is 0.390 e. The van der Waals surface area contributed by atoms with Crippen molar-refractivity contribution in [1.29, 1.82) is 0 Å². The Balaban J connectivity index is 2.52. The van der Waals surface area contributed by atoms with Gasteiger partial charge in [-0.15, -0.1) is 0 Å². The molecule has 2 nitrogen and oxygen atoms in total. The van der Waals surface area contributed by atoms with E-state index in [1.54, 1.807) is 0 Å². The summed E-state index contributed by atoms with van der Waals surface area (Å²) in [5.41, 5.74) is 0.282. The Labute approximate surface area is 79.6 Å². The lowest BCUT2D eigenvalue weighted by Gasteiger charge is -2.18. The van der Waals surface area contributed by atoms with E-state index in [1.807, 2.05) is 19.9 Å². The Morgan fingerprint density at radius 1 is 1.54 bits per heavy atom. The van der Waals surface area contributed by atoms with Crippen molar-refractivity contribution in [3.8, 4) is 0 Å². The highest BCUT2D eigenvalue weighted by Crippen LogP contribution is 2.23. The predicted molar refractivity (Wildman–Crippen MR) is 52.5 cm³/mol. The summed E-state index contributed by atoms with van der Waals surface area (Å²) in [4.78, 5) is 11.2. The third-order valence-electron chi connectivity index (χ3n) is 2.76. The van der Waals surface area contributed by atoms with Crippen LogP contribution in [0.4, 0.5) is 0 Å². The van der Waals surface area contributed by atoms with Gasteiger partial charge in [0.1, 0.15) is 0 Å². The first-order valence-corrected chi connectivity index (χ1v) is 5.00. The molecule has 1 N–H and O–H groups in total. The summed E-state index contributed by atoms with van der Waals surface area (Å²) < 4.78 is 0. The average Bonchev–Trinajstić information content (AvgIpc) is 2.48. The molecule has 1 rings (SSSR count). The summed E-state index contributed by atoms with van der Waals surface area (Å²) in [5, 5.41) is 9.71. The molecule has 0 radical (unpaired) electrons. The van der Waals surface area contributed by atoms with Gasteiger partial charge < -0.3 is 5.11 Å². The lowest BCUT2D eigenvalue weighted by atomic mass is 9.97. The molecule has 0 aromatic carbocycles. The summed E-state index contributed by atoms with van der Waals surface area (Å²) >= 11 is 0. The van der Waals surface area contributed by atoms with Gasteiger partial charge >= 0.3 is 0 Å². The molecule has 74 valence electrons. The first-order chi connectivity index (χ1) is 6.05. The van der Waals surface area contributed by atoms with Crippen LogP contribution in [0.15, 0.2) is 11.6 Å². The number of hydrogen-bond acceptors (Lipinski definition) is 2. The molecule has 0 heterocycles. The van der Waals surface area contributed by atoms with E-state index in [-0.39, 0.29) is 5.78 Å². The smallest absolute Gasteiger partial charge is 0.158 e. The summed E-state index contributed by atoms with van der Waals surface area (Å²) in [5.74, 6) is 0.270. The first-order valence-electron chi connectivity index (χ1n) is 5.00. The van der Waals surface area contributed by atoms with Crippen LogP contribution in [-0.2, 0) is 4.79 Å². The van der Waals surface area contributed by atoms with Crippen LogP contribution in [-0.4, -0.2) is 16.5 Å². The van der Waals surface area contributed by atoms with Crippen LogP contribution in [0.1, 0.15) is 46.0 Å². The third kappa shape index (κ3) is 2.96. The number of carbonyl (C=O) groups excluding carboxylic acids is 1. The highest BCUT2D eigenvalue weighted by atomic mass is 16.3. The molecule has 1 unspecified atom stereocenters. The molecule has 0 amide bonds. The van der Waals surface area contributed by atoms with E-state index in [1.165, 1.54) is 0 Å². The second-order valence-corrected chi connectivity index (χ2v) is 4.06. The molecule has 2 heteroatoms. The molecular weight excluding hydrogens is 164 g/mol. The van der Waals surface area contributed by atoms with Gasteiger partial charge in [0.25, 0.3) is 0 Å². The van der Waals surface area contributed by atoms with Crippen LogP contribution in [0, 0.1) is 0 Å². The Morgan fingerprint density at radius 2 is 2.23 bits per heavy atom. The summed E-state index contributed by atoms with van der Waals surface area (Å²) in [6.45, 7) is 3.76. The van der Waals surface area contributed by atoms with Gasteiger partial charge in [-0.05, 0) is 38.2 Å². The molecule has 0 aliphatic heterocycles. The van der Waals surface area contributed by atoms with E-state index in [4.69, 9.17) is 0 Å². The van der Waals surface area contributed by atoms with Crippen molar-refractivity contribution in [3.63, 3.8) is 0 Å². The molecule has 13 heavy (non-hydrogen) atoms. The second kappa shape index (κ2) is 4.05. The molecule has 0 bridgehead atoms. The Hall–Kier alpha value is -0.630. The normalized spacial score (nSPS) is 25.2. The molecule has 1 aliphatic carbocycles. The second-order valence-electron chi connectivity index (χ2n) is 4.06. The van der Waals surface area contributed by atoms with E-state index in [9.17, 15) is 9.90 Å². The van der Waals surface area contributed by atoms with Gasteiger partial charge in [0.15, 0.2) is 5.78 Å². The van der Waals surface area contributed by atoms with E-state index in [0.29, 0.717) is 12.8 Å². The molecule has 0 aromatic rings. The standard InChI is InChI=1S/C11H18O2/c1-3-11(2,13)8-7-9-5-4-6-10(9)12/h7,13H,3-6,8H2,1-2H3. The van der Waals surface area contributed by atoms with Gasteiger partial charge in [-0.2, -0.15) is 0 Å². The van der Waals surface area contributed by atoms with E-state index in [2.05, 4.69) is 0 Å². The van der Waals surface area contributed by atoms with Crippen molar-refractivity contribution in [2.75, 3.05) is 0 Å². The lowest BCUT2D eigenvalue weighted by Crippen LogP contribution is -2.21. The van der Waals surface area contributed by atoms with Crippen LogP contribution < -0.4 is 0 Å². The van der Waals surface area contributed by atoms with Gasteiger partial charge in [-0.25, -0.2) is 0 Å². The maximum atomic E-state index is 11.2. The number of aliphatic hydroxyl groups is 1. The van der Waals surface area contributed by atoms with Crippen molar-refractivity contribution in [2.45, 2.75) is 51.6 Å². The Bertz CT molecular complexity index is 226. The Kier molecular flexibility index (Phi) is 3.26. The zero-order valence-corrected chi connectivity index (χ0v) is 8.47. The van der Waals surface area contributed by atoms with Crippen molar-refractivity contribution in [2.24, 2.45) is 0 Å². The van der Waals surface area contributed by atoms with Gasteiger partial charge in [0, 0.05) is 6.42 Å². The van der Waals surface area contributed by atoms with Crippen LogP contribution in [0.25, 0.3) is 0 Å². The predicted octanol–water partition coefficient (Wildman–Crippen LogP) is 2.22. The van der Waals surface area contributed by atoms with Crippen molar-refractivity contribution < 1.29 is 9.90 Å². The molecule has 0 saturated heterocycles. The highest BCUT2D eigenvalue weighted by Gasteiger charge is 2.20. The molecule has 1 aliphatic rings. The maximum absolute atomic E-state index is 11.2. The summed E-state index contributed by atoms with van der Waals surface area (Å²) in [6.07, 6.45) is 5.83. The van der Waals surface area contributed by atoms with Gasteiger partial charge in [-0.3, -0.25) is 4.79 Å². The zero-order chi connectivity index (χ0) is 9.90. The van der Waals surface area contributed by atoms with E-state index < -0.39 is 5.60 Å². The number of carbonyl (C=O) groups is 1. The molecule has 1 saturated carbocycles. The van der Waals surface area contributed by atoms with Crippen molar-refractivity contribution in [3.05, 3.63) is 11.6 Å². The topological polar surface area (TPSA) is 37.3 Å². The summed E-state index contributed by atoms with van der Waals surface area (Å²) in [7, 11) is 0. The minimum Gasteiger partial charge on any atom is -0.390 e. The SMILES string of the molecule is CCC(C)(O)CC=C1CCCC1=O. The molecule has 1 atom stereocenters. The monoisotopic (exact) mass is 182 g/mol.